The van der Waals surface area contributed by atoms with E-state index in [-0.39, 0.29) is 5.91 Å². The molecule has 0 saturated heterocycles. The van der Waals surface area contributed by atoms with Gasteiger partial charge in [0.15, 0.2) is 0 Å². The Kier molecular flexibility index (Phi) is 4.07. The van der Waals surface area contributed by atoms with E-state index in [0.717, 1.165) is 16.9 Å². The molecule has 0 aliphatic heterocycles. The van der Waals surface area contributed by atoms with E-state index in [9.17, 15) is 4.79 Å². The lowest BCUT2D eigenvalue weighted by atomic mass is 10.1. The van der Waals surface area contributed by atoms with Crippen LogP contribution in [0.3, 0.4) is 0 Å². The highest BCUT2D eigenvalue weighted by Gasteiger charge is 2.11. The van der Waals surface area contributed by atoms with Crippen LogP contribution in [0.25, 0.3) is 0 Å². The van der Waals surface area contributed by atoms with Crippen LogP contribution in [0.5, 0.6) is 0 Å². The Morgan fingerprint density at radius 3 is 2.53 bits per heavy atom. The summed E-state index contributed by atoms with van der Waals surface area (Å²) in [5.41, 5.74) is 3.11. The summed E-state index contributed by atoms with van der Waals surface area (Å²) in [5.74, 6) is -0.143. The van der Waals surface area contributed by atoms with Crippen molar-refractivity contribution in [2.24, 2.45) is 0 Å². The Labute approximate surface area is 117 Å². The van der Waals surface area contributed by atoms with Crippen molar-refractivity contribution in [1.82, 2.24) is 0 Å². The molecule has 2 rings (SSSR count). The van der Waals surface area contributed by atoms with E-state index in [0.29, 0.717) is 10.6 Å². The molecule has 0 aliphatic rings. The first-order chi connectivity index (χ1) is 9.11. The molecule has 2 aromatic rings. The normalized spacial score (nSPS) is 10.1. The smallest absolute Gasteiger partial charge is 0.257 e. The molecule has 2 N–H and O–H groups in total. The fourth-order valence-corrected chi connectivity index (χ4v) is 2.08. The van der Waals surface area contributed by atoms with E-state index < -0.39 is 0 Å². The van der Waals surface area contributed by atoms with Crippen LogP contribution in [0.1, 0.15) is 15.9 Å². The van der Waals surface area contributed by atoms with Crippen molar-refractivity contribution >= 4 is 28.9 Å². The number of hydrogen-bond donors (Lipinski definition) is 2. The Hall–Kier alpha value is -2.00. The van der Waals surface area contributed by atoms with Crippen molar-refractivity contribution in [2.45, 2.75) is 6.92 Å². The largest absolute Gasteiger partial charge is 0.387 e. The van der Waals surface area contributed by atoms with Crippen molar-refractivity contribution < 1.29 is 4.79 Å². The molecule has 4 heteroatoms. The molecule has 0 fully saturated rings. The average Bonchev–Trinajstić information content (AvgIpc) is 2.41. The Balaban J connectivity index is 2.26. The monoisotopic (exact) mass is 274 g/mol. The van der Waals surface area contributed by atoms with E-state index in [1.807, 2.05) is 31.2 Å². The van der Waals surface area contributed by atoms with Crippen LogP contribution in [-0.2, 0) is 0 Å². The highest BCUT2D eigenvalue weighted by molar-refractivity contribution is 6.30. The average molecular weight is 275 g/mol. The quantitative estimate of drug-likeness (QED) is 0.890. The van der Waals surface area contributed by atoms with Crippen molar-refractivity contribution in [2.75, 3.05) is 17.7 Å². The number of carbonyl (C=O) groups excluding carboxylic acids is 1. The summed E-state index contributed by atoms with van der Waals surface area (Å²) in [6.45, 7) is 1.91. The van der Waals surface area contributed by atoms with Gasteiger partial charge in [0.2, 0.25) is 0 Å². The van der Waals surface area contributed by atoms with Gasteiger partial charge in [0, 0.05) is 23.4 Å². The minimum Gasteiger partial charge on any atom is -0.387 e. The number of carbonyl (C=O) groups is 1. The SMILES string of the molecule is CNc1ccccc1C(=O)Nc1ccc(Cl)cc1C. The van der Waals surface area contributed by atoms with Gasteiger partial charge < -0.3 is 10.6 Å². The molecule has 0 aromatic heterocycles. The molecule has 0 atom stereocenters. The number of benzene rings is 2. The predicted molar refractivity (Wildman–Crippen MR) is 80.1 cm³/mol. The summed E-state index contributed by atoms with van der Waals surface area (Å²) in [4.78, 5) is 12.2. The molecule has 0 aliphatic carbocycles. The summed E-state index contributed by atoms with van der Waals surface area (Å²) < 4.78 is 0. The summed E-state index contributed by atoms with van der Waals surface area (Å²) in [6.07, 6.45) is 0. The molecule has 1 amide bonds. The fraction of sp³-hybridized carbons (Fsp3) is 0.133. The van der Waals surface area contributed by atoms with E-state index in [2.05, 4.69) is 10.6 Å². The van der Waals surface area contributed by atoms with Crippen molar-refractivity contribution in [3.05, 3.63) is 58.6 Å². The molecular formula is C15H15ClN2O. The first kappa shape index (κ1) is 13.4. The predicted octanol–water partition coefficient (Wildman–Crippen LogP) is 3.94. The summed E-state index contributed by atoms with van der Waals surface area (Å²) >= 11 is 5.90. The summed E-state index contributed by atoms with van der Waals surface area (Å²) in [5, 5.41) is 6.55. The molecule has 98 valence electrons. The number of aryl methyl sites for hydroxylation is 1. The number of para-hydroxylation sites is 1. The van der Waals surface area contributed by atoms with Crippen LogP contribution in [0.15, 0.2) is 42.5 Å². The molecular weight excluding hydrogens is 260 g/mol. The van der Waals surface area contributed by atoms with E-state index in [1.165, 1.54) is 0 Å². The summed E-state index contributed by atoms with van der Waals surface area (Å²) in [6, 6.07) is 12.8. The number of rotatable bonds is 3. The van der Waals surface area contributed by atoms with Crippen LogP contribution in [0, 0.1) is 6.92 Å². The molecule has 0 heterocycles. The molecule has 0 bridgehead atoms. The zero-order valence-corrected chi connectivity index (χ0v) is 11.6. The second-order valence-electron chi connectivity index (χ2n) is 4.21. The van der Waals surface area contributed by atoms with Gasteiger partial charge in [-0.05, 0) is 42.8 Å². The van der Waals surface area contributed by atoms with Gasteiger partial charge in [-0.2, -0.15) is 0 Å². The van der Waals surface area contributed by atoms with Crippen LogP contribution in [0.4, 0.5) is 11.4 Å². The van der Waals surface area contributed by atoms with Crippen LogP contribution in [0.2, 0.25) is 5.02 Å². The van der Waals surface area contributed by atoms with Gasteiger partial charge in [-0.1, -0.05) is 23.7 Å². The van der Waals surface area contributed by atoms with E-state index in [4.69, 9.17) is 11.6 Å². The molecule has 3 nitrogen and oxygen atoms in total. The second kappa shape index (κ2) is 5.76. The van der Waals surface area contributed by atoms with E-state index in [1.54, 1.807) is 25.2 Å². The van der Waals surface area contributed by atoms with Crippen molar-refractivity contribution in [3.8, 4) is 0 Å². The minimum atomic E-state index is -0.143. The molecule has 0 radical (unpaired) electrons. The first-order valence-corrected chi connectivity index (χ1v) is 6.34. The van der Waals surface area contributed by atoms with Gasteiger partial charge in [0.05, 0.1) is 5.56 Å². The maximum atomic E-state index is 12.2. The molecule has 2 aromatic carbocycles. The number of halogens is 1. The van der Waals surface area contributed by atoms with Crippen LogP contribution >= 0.6 is 11.6 Å². The zero-order valence-electron chi connectivity index (χ0n) is 10.8. The van der Waals surface area contributed by atoms with E-state index >= 15 is 0 Å². The van der Waals surface area contributed by atoms with Crippen LogP contribution in [-0.4, -0.2) is 13.0 Å². The first-order valence-electron chi connectivity index (χ1n) is 5.96. The lowest BCUT2D eigenvalue weighted by Crippen LogP contribution is -2.14. The second-order valence-corrected chi connectivity index (χ2v) is 4.65. The number of amides is 1. The summed E-state index contributed by atoms with van der Waals surface area (Å²) in [7, 11) is 1.79. The standard InChI is InChI=1S/C15H15ClN2O/c1-10-9-11(16)7-8-13(10)18-15(19)12-5-3-4-6-14(12)17-2/h3-9,17H,1-2H3,(H,18,19). The number of hydrogen-bond acceptors (Lipinski definition) is 2. The zero-order chi connectivity index (χ0) is 13.8. The van der Waals surface area contributed by atoms with Gasteiger partial charge in [-0.3, -0.25) is 4.79 Å². The highest BCUT2D eigenvalue weighted by atomic mass is 35.5. The number of anilines is 2. The van der Waals surface area contributed by atoms with Gasteiger partial charge in [0.1, 0.15) is 0 Å². The molecule has 0 unspecified atom stereocenters. The third kappa shape index (κ3) is 3.06. The van der Waals surface area contributed by atoms with Gasteiger partial charge in [-0.15, -0.1) is 0 Å². The lowest BCUT2D eigenvalue weighted by molar-refractivity contribution is 0.102. The van der Waals surface area contributed by atoms with Gasteiger partial charge in [-0.25, -0.2) is 0 Å². The Bertz CT molecular complexity index is 611. The highest BCUT2D eigenvalue weighted by Crippen LogP contribution is 2.21. The maximum absolute atomic E-state index is 12.2. The lowest BCUT2D eigenvalue weighted by Gasteiger charge is -2.11. The van der Waals surface area contributed by atoms with Crippen molar-refractivity contribution in [3.63, 3.8) is 0 Å². The van der Waals surface area contributed by atoms with Gasteiger partial charge >= 0.3 is 0 Å². The minimum absolute atomic E-state index is 0.143. The Morgan fingerprint density at radius 1 is 1.11 bits per heavy atom. The molecule has 19 heavy (non-hydrogen) atoms. The van der Waals surface area contributed by atoms with Crippen LogP contribution < -0.4 is 10.6 Å². The third-order valence-electron chi connectivity index (χ3n) is 2.88. The number of nitrogens with one attached hydrogen (secondary N) is 2. The topological polar surface area (TPSA) is 41.1 Å². The maximum Gasteiger partial charge on any atom is 0.257 e. The van der Waals surface area contributed by atoms with Crippen molar-refractivity contribution in [1.29, 1.82) is 0 Å². The molecule has 0 spiro atoms. The Morgan fingerprint density at radius 2 is 1.84 bits per heavy atom. The fourth-order valence-electron chi connectivity index (χ4n) is 1.86. The molecule has 0 saturated carbocycles. The van der Waals surface area contributed by atoms with Gasteiger partial charge in [0.25, 0.3) is 5.91 Å². The third-order valence-corrected chi connectivity index (χ3v) is 3.11.